The number of allylic oxidation sites excluding steroid dienone is 2. The topological polar surface area (TPSA) is 0 Å². The van der Waals surface area contributed by atoms with Crippen molar-refractivity contribution in [1.82, 2.24) is 0 Å². The Hall–Kier alpha value is -1.48. The van der Waals surface area contributed by atoms with Gasteiger partial charge in [0.05, 0.1) is 5.92 Å². The molecule has 2 aliphatic carbocycles. The first-order valence-electron chi connectivity index (χ1n) is 6.07. The third kappa shape index (κ3) is 1.25. The van der Waals surface area contributed by atoms with Crippen LogP contribution in [0, 0.1) is 11.8 Å². The smallest absolute Gasteiger partial charge is 0.0673 e. The predicted octanol–water partition coefficient (Wildman–Crippen LogP) is 3.92. The Morgan fingerprint density at radius 1 is 1.25 bits per heavy atom. The van der Waals surface area contributed by atoms with Gasteiger partial charge in [0.1, 0.15) is 0 Å². The first-order valence-corrected chi connectivity index (χ1v) is 6.07. The highest BCUT2D eigenvalue weighted by molar-refractivity contribution is 5.79. The van der Waals surface area contributed by atoms with Crippen molar-refractivity contribution in [3.8, 4) is 11.8 Å². The van der Waals surface area contributed by atoms with Gasteiger partial charge in [-0.15, -0.1) is 5.92 Å². The molecule has 0 heterocycles. The van der Waals surface area contributed by atoms with Gasteiger partial charge in [0, 0.05) is 6.42 Å². The first kappa shape index (κ1) is 9.73. The molecule has 1 atom stereocenters. The van der Waals surface area contributed by atoms with Crippen LogP contribution in [0.25, 0.3) is 5.57 Å². The summed E-state index contributed by atoms with van der Waals surface area (Å²) in [7, 11) is 0. The predicted molar refractivity (Wildman–Crippen MR) is 68.2 cm³/mol. The van der Waals surface area contributed by atoms with E-state index in [0.29, 0.717) is 5.92 Å². The van der Waals surface area contributed by atoms with Gasteiger partial charge in [-0.05, 0) is 49.0 Å². The summed E-state index contributed by atoms with van der Waals surface area (Å²) >= 11 is 0. The largest absolute Gasteiger partial charge is 0.102 e. The monoisotopic (exact) mass is 208 g/mol. The van der Waals surface area contributed by atoms with Crippen molar-refractivity contribution in [2.24, 2.45) is 0 Å². The maximum absolute atomic E-state index is 3.45. The second-order valence-corrected chi connectivity index (χ2v) is 4.79. The molecule has 0 aromatic heterocycles. The fraction of sp³-hybridized carbons (Fsp3) is 0.375. The molecule has 0 bridgehead atoms. The quantitative estimate of drug-likeness (QED) is 0.567. The number of hydrogen-bond acceptors (Lipinski definition) is 0. The second kappa shape index (κ2) is 3.52. The van der Waals surface area contributed by atoms with Gasteiger partial charge in [-0.25, -0.2) is 0 Å². The number of benzene rings is 1. The molecule has 0 saturated carbocycles. The molecule has 0 spiro atoms. The van der Waals surface area contributed by atoms with E-state index in [1.165, 1.54) is 40.7 Å². The van der Waals surface area contributed by atoms with Crippen molar-refractivity contribution < 1.29 is 0 Å². The average Bonchev–Trinajstić information content (AvgIpc) is 2.50. The minimum Gasteiger partial charge on any atom is -0.102 e. The van der Waals surface area contributed by atoms with E-state index < -0.39 is 0 Å². The van der Waals surface area contributed by atoms with Crippen LogP contribution >= 0.6 is 0 Å². The van der Waals surface area contributed by atoms with Crippen LogP contribution in [0.2, 0.25) is 0 Å². The van der Waals surface area contributed by atoms with E-state index in [-0.39, 0.29) is 0 Å². The van der Waals surface area contributed by atoms with Crippen molar-refractivity contribution in [2.45, 2.75) is 39.0 Å². The zero-order chi connectivity index (χ0) is 11.1. The van der Waals surface area contributed by atoms with Gasteiger partial charge in [0.15, 0.2) is 0 Å². The summed E-state index contributed by atoms with van der Waals surface area (Å²) in [6.45, 7) is 4.47. The van der Waals surface area contributed by atoms with E-state index in [2.05, 4.69) is 43.9 Å². The Labute approximate surface area is 97.4 Å². The molecular weight excluding hydrogens is 192 g/mol. The van der Waals surface area contributed by atoms with Crippen LogP contribution in [0.5, 0.6) is 0 Å². The van der Waals surface area contributed by atoms with E-state index in [9.17, 15) is 0 Å². The van der Waals surface area contributed by atoms with Crippen LogP contribution in [-0.4, -0.2) is 0 Å². The lowest BCUT2D eigenvalue weighted by Crippen LogP contribution is -2.02. The molecule has 0 nitrogen and oxygen atoms in total. The first-order chi connectivity index (χ1) is 7.79. The minimum absolute atomic E-state index is 0.381. The van der Waals surface area contributed by atoms with Gasteiger partial charge in [-0.1, -0.05) is 29.7 Å². The van der Waals surface area contributed by atoms with E-state index in [4.69, 9.17) is 0 Å². The minimum atomic E-state index is 0.381. The molecule has 2 aliphatic rings. The van der Waals surface area contributed by atoms with Gasteiger partial charge in [-0.2, -0.15) is 0 Å². The average molecular weight is 208 g/mol. The summed E-state index contributed by atoms with van der Waals surface area (Å²) in [5, 5.41) is 0. The summed E-state index contributed by atoms with van der Waals surface area (Å²) < 4.78 is 0. The van der Waals surface area contributed by atoms with Crippen LogP contribution in [0.15, 0.2) is 23.8 Å². The number of aryl methyl sites for hydroxylation is 1. The highest BCUT2D eigenvalue weighted by atomic mass is 14.3. The molecule has 0 fully saturated rings. The molecule has 0 amide bonds. The van der Waals surface area contributed by atoms with Crippen LogP contribution in [-0.2, 0) is 6.42 Å². The molecule has 3 rings (SSSR count). The van der Waals surface area contributed by atoms with Crippen molar-refractivity contribution >= 4 is 5.57 Å². The molecule has 80 valence electrons. The Kier molecular flexibility index (Phi) is 2.14. The standard InChI is InChI=1S/C16H16/c1-11-12(2)15-10-6-8-13-7-4-3-5-9-14(11)16(13)15/h6,8,10,14H,3-4,7H2,1-2H3. The molecule has 0 radical (unpaired) electrons. The van der Waals surface area contributed by atoms with Crippen LogP contribution < -0.4 is 0 Å². The third-order valence-electron chi connectivity index (χ3n) is 3.91. The molecule has 1 unspecified atom stereocenters. The number of hydrogen-bond donors (Lipinski definition) is 0. The molecule has 16 heavy (non-hydrogen) atoms. The van der Waals surface area contributed by atoms with Crippen molar-refractivity contribution in [3.63, 3.8) is 0 Å². The van der Waals surface area contributed by atoms with E-state index >= 15 is 0 Å². The normalized spacial score (nSPS) is 22.0. The molecule has 0 saturated heterocycles. The Morgan fingerprint density at radius 2 is 2.12 bits per heavy atom. The summed E-state index contributed by atoms with van der Waals surface area (Å²) in [6, 6.07) is 6.73. The van der Waals surface area contributed by atoms with Gasteiger partial charge < -0.3 is 0 Å². The maximum Gasteiger partial charge on any atom is 0.0673 e. The second-order valence-electron chi connectivity index (χ2n) is 4.79. The zero-order valence-corrected chi connectivity index (χ0v) is 9.93. The molecule has 0 aliphatic heterocycles. The fourth-order valence-corrected chi connectivity index (χ4v) is 2.87. The van der Waals surface area contributed by atoms with E-state index in [1.807, 2.05) is 0 Å². The molecule has 0 heteroatoms. The highest BCUT2D eigenvalue weighted by Crippen LogP contribution is 2.43. The molecule has 1 aromatic rings. The number of rotatable bonds is 0. The summed E-state index contributed by atoms with van der Waals surface area (Å²) in [5.74, 6) is 7.16. The van der Waals surface area contributed by atoms with Gasteiger partial charge in [0.25, 0.3) is 0 Å². The highest BCUT2D eigenvalue weighted by Gasteiger charge is 2.27. The lowest BCUT2D eigenvalue weighted by Gasteiger charge is -2.14. The van der Waals surface area contributed by atoms with Crippen molar-refractivity contribution in [3.05, 3.63) is 40.5 Å². The van der Waals surface area contributed by atoms with Crippen LogP contribution in [0.4, 0.5) is 0 Å². The Balaban J connectivity index is 2.28. The third-order valence-corrected chi connectivity index (χ3v) is 3.91. The van der Waals surface area contributed by atoms with Gasteiger partial charge in [-0.3, -0.25) is 0 Å². The summed E-state index contributed by atoms with van der Waals surface area (Å²) in [6.07, 6.45) is 3.44. The van der Waals surface area contributed by atoms with Crippen LogP contribution in [0.3, 0.4) is 0 Å². The van der Waals surface area contributed by atoms with E-state index in [1.54, 1.807) is 0 Å². The summed E-state index contributed by atoms with van der Waals surface area (Å²) in [5.41, 5.74) is 7.36. The summed E-state index contributed by atoms with van der Waals surface area (Å²) in [4.78, 5) is 0. The van der Waals surface area contributed by atoms with Crippen LogP contribution in [0.1, 0.15) is 49.3 Å². The van der Waals surface area contributed by atoms with Gasteiger partial charge in [0.2, 0.25) is 0 Å². The molecule has 1 aromatic carbocycles. The van der Waals surface area contributed by atoms with Gasteiger partial charge >= 0.3 is 0 Å². The lowest BCUT2D eigenvalue weighted by atomic mass is 9.88. The van der Waals surface area contributed by atoms with Crippen molar-refractivity contribution in [1.29, 1.82) is 0 Å². The Bertz CT molecular complexity index is 535. The Morgan fingerprint density at radius 3 is 3.00 bits per heavy atom. The van der Waals surface area contributed by atoms with E-state index in [0.717, 1.165) is 6.42 Å². The fourth-order valence-electron chi connectivity index (χ4n) is 2.87. The lowest BCUT2D eigenvalue weighted by molar-refractivity contribution is 0.829. The molecule has 0 N–H and O–H groups in total. The SMILES string of the molecule is CC1=C(C)C2C#CCCCc3cccc1c32. The molecular formula is C16H16. The van der Waals surface area contributed by atoms with Crippen molar-refractivity contribution in [2.75, 3.05) is 0 Å². The maximum atomic E-state index is 3.45. The zero-order valence-electron chi connectivity index (χ0n) is 9.93.